The molecule has 0 aliphatic heterocycles. The van der Waals surface area contributed by atoms with E-state index in [0.717, 1.165) is 35.4 Å². The highest BCUT2D eigenvalue weighted by atomic mass is 16.5. The number of ether oxygens (including phenoxy) is 1. The van der Waals surface area contributed by atoms with Gasteiger partial charge in [-0.1, -0.05) is 37.6 Å². The average molecular weight is 337 g/mol. The summed E-state index contributed by atoms with van der Waals surface area (Å²) in [7, 11) is 0. The molecule has 0 spiro atoms. The second kappa shape index (κ2) is 7.88. The van der Waals surface area contributed by atoms with Crippen molar-refractivity contribution in [3.8, 4) is 23.0 Å². The van der Waals surface area contributed by atoms with E-state index in [1.165, 1.54) is 0 Å². The molecule has 0 saturated carbocycles. The summed E-state index contributed by atoms with van der Waals surface area (Å²) in [5.41, 5.74) is 2.81. The fourth-order valence-electron chi connectivity index (χ4n) is 2.74. The molecule has 0 bridgehead atoms. The zero-order chi connectivity index (χ0) is 17.6. The molecule has 4 nitrogen and oxygen atoms in total. The number of aromatic nitrogens is 1. The molecule has 25 heavy (non-hydrogen) atoms. The Bertz CT molecular complexity index is 824. The fraction of sp³-hybridized carbons (Fsp3) is 0.286. The van der Waals surface area contributed by atoms with E-state index in [2.05, 4.69) is 11.9 Å². The summed E-state index contributed by atoms with van der Waals surface area (Å²) in [6.45, 7) is 4.49. The van der Waals surface area contributed by atoms with Crippen molar-refractivity contribution in [1.29, 1.82) is 0 Å². The van der Waals surface area contributed by atoms with Crippen molar-refractivity contribution in [3.63, 3.8) is 0 Å². The second-order valence-corrected chi connectivity index (χ2v) is 6.03. The number of aromatic hydroxyl groups is 1. The molecule has 0 unspecified atom stereocenters. The van der Waals surface area contributed by atoms with Crippen molar-refractivity contribution in [3.05, 3.63) is 65.5 Å². The third-order valence-corrected chi connectivity index (χ3v) is 4.10. The number of benzene rings is 2. The molecular formula is C21H23NO3. The summed E-state index contributed by atoms with van der Waals surface area (Å²) in [4.78, 5) is 4.57. The predicted molar refractivity (Wildman–Crippen MR) is 98.0 cm³/mol. The second-order valence-electron chi connectivity index (χ2n) is 6.03. The molecule has 0 aliphatic carbocycles. The van der Waals surface area contributed by atoms with Crippen LogP contribution in [-0.2, 0) is 12.8 Å². The minimum atomic E-state index is 0.295. The van der Waals surface area contributed by atoms with Crippen LogP contribution in [-0.4, -0.2) is 16.7 Å². The predicted octanol–water partition coefficient (Wildman–Crippen LogP) is 4.93. The number of phenolic OH excluding ortho intramolecular Hbond substituents is 1. The summed E-state index contributed by atoms with van der Waals surface area (Å²) in [6.07, 6.45) is 2.52. The van der Waals surface area contributed by atoms with Crippen molar-refractivity contribution in [2.45, 2.75) is 33.1 Å². The van der Waals surface area contributed by atoms with Crippen molar-refractivity contribution in [1.82, 2.24) is 4.98 Å². The van der Waals surface area contributed by atoms with Crippen LogP contribution in [0.4, 0.5) is 0 Å². The van der Waals surface area contributed by atoms with Gasteiger partial charge < -0.3 is 14.3 Å². The maximum atomic E-state index is 10.0. The zero-order valence-electron chi connectivity index (χ0n) is 14.7. The quantitative estimate of drug-likeness (QED) is 0.664. The molecular weight excluding hydrogens is 314 g/mol. The van der Waals surface area contributed by atoms with Gasteiger partial charge in [0.15, 0.2) is 0 Å². The summed E-state index contributed by atoms with van der Waals surface area (Å²) in [6, 6.07) is 15.3. The molecule has 1 heterocycles. The molecule has 0 saturated heterocycles. The monoisotopic (exact) mass is 337 g/mol. The van der Waals surface area contributed by atoms with Gasteiger partial charge in [-0.2, -0.15) is 0 Å². The summed E-state index contributed by atoms with van der Waals surface area (Å²) in [5, 5.41) is 10.0. The van der Waals surface area contributed by atoms with Crippen LogP contribution in [0.15, 0.2) is 52.9 Å². The third kappa shape index (κ3) is 4.21. The van der Waals surface area contributed by atoms with Crippen molar-refractivity contribution >= 4 is 0 Å². The lowest BCUT2D eigenvalue weighted by Gasteiger charge is -2.08. The Hall–Kier alpha value is -2.75. The summed E-state index contributed by atoms with van der Waals surface area (Å²) >= 11 is 0. The van der Waals surface area contributed by atoms with E-state index in [-0.39, 0.29) is 0 Å². The first-order valence-corrected chi connectivity index (χ1v) is 8.63. The lowest BCUT2D eigenvalue weighted by molar-refractivity contribution is 0.317. The maximum Gasteiger partial charge on any atom is 0.226 e. The molecule has 3 aromatic rings. The van der Waals surface area contributed by atoms with Gasteiger partial charge in [-0.3, -0.25) is 0 Å². The Morgan fingerprint density at radius 2 is 1.88 bits per heavy atom. The Morgan fingerprint density at radius 3 is 2.60 bits per heavy atom. The highest BCUT2D eigenvalue weighted by Crippen LogP contribution is 2.25. The molecule has 0 radical (unpaired) electrons. The lowest BCUT2D eigenvalue weighted by Crippen LogP contribution is -2.03. The van der Waals surface area contributed by atoms with Crippen LogP contribution in [0.3, 0.4) is 0 Å². The van der Waals surface area contributed by atoms with Gasteiger partial charge in [0.2, 0.25) is 5.89 Å². The molecule has 0 atom stereocenters. The van der Waals surface area contributed by atoms with Crippen molar-refractivity contribution < 1.29 is 14.3 Å². The number of oxazole rings is 1. The third-order valence-electron chi connectivity index (χ3n) is 4.10. The number of phenols is 1. The first-order chi connectivity index (χ1) is 12.2. The van der Waals surface area contributed by atoms with Crippen LogP contribution < -0.4 is 4.74 Å². The molecule has 130 valence electrons. The van der Waals surface area contributed by atoms with E-state index >= 15 is 0 Å². The normalized spacial score (nSPS) is 10.8. The largest absolute Gasteiger partial charge is 0.508 e. The van der Waals surface area contributed by atoms with Crippen LogP contribution in [0, 0.1) is 6.92 Å². The number of rotatable bonds is 7. The Labute approximate surface area is 148 Å². The molecule has 0 aliphatic rings. The highest BCUT2D eigenvalue weighted by molar-refractivity contribution is 5.53. The van der Waals surface area contributed by atoms with Crippen molar-refractivity contribution in [2.24, 2.45) is 0 Å². The number of nitrogens with zero attached hydrogens (tertiary/aromatic N) is 1. The minimum absolute atomic E-state index is 0.295. The van der Waals surface area contributed by atoms with E-state index in [1.54, 1.807) is 6.07 Å². The van der Waals surface area contributed by atoms with E-state index in [4.69, 9.17) is 9.15 Å². The van der Waals surface area contributed by atoms with Crippen molar-refractivity contribution in [2.75, 3.05) is 6.61 Å². The van der Waals surface area contributed by atoms with Gasteiger partial charge >= 0.3 is 0 Å². The van der Waals surface area contributed by atoms with Crippen LogP contribution in [0.1, 0.15) is 30.4 Å². The lowest BCUT2D eigenvalue weighted by atomic mass is 10.1. The van der Waals surface area contributed by atoms with E-state index in [1.807, 2.05) is 49.4 Å². The number of hydrogen-bond acceptors (Lipinski definition) is 4. The van der Waals surface area contributed by atoms with Crippen LogP contribution >= 0.6 is 0 Å². The molecule has 0 fully saturated rings. The number of aryl methyl sites for hydroxylation is 2. The van der Waals surface area contributed by atoms with Crippen LogP contribution in [0.5, 0.6) is 11.5 Å². The first kappa shape index (κ1) is 17.1. The summed E-state index contributed by atoms with van der Waals surface area (Å²) < 4.78 is 11.5. The summed E-state index contributed by atoms with van der Waals surface area (Å²) in [5.74, 6) is 2.41. The zero-order valence-corrected chi connectivity index (χ0v) is 14.7. The molecule has 3 rings (SSSR count). The van der Waals surface area contributed by atoms with Gasteiger partial charge in [-0.25, -0.2) is 4.98 Å². The Balaban J connectivity index is 1.61. The average Bonchev–Trinajstić information content (AvgIpc) is 2.99. The molecule has 1 N–H and O–H groups in total. The SMILES string of the molecule is CCCc1ccc(OCCc2nc(-c3ccccc3)oc2C)cc1O. The van der Waals surface area contributed by atoms with Gasteiger partial charge in [0.05, 0.1) is 12.3 Å². The van der Waals surface area contributed by atoms with Crippen LogP contribution in [0.25, 0.3) is 11.5 Å². The van der Waals surface area contributed by atoms with Gasteiger partial charge in [0, 0.05) is 18.1 Å². The highest BCUT2D eigenvalue weighted by Gasteiger charge is 2.11. The van der Waals surface area contributed by atoms with E-state index in [0.29, 0.717) is 30.4 Å². The molecule has 2 aromatic carbocycles. The maximum absolute atomic E-state index is 10.0. The van der Waals surface area contributed by atoms with Gasteiger partial charge in [-0.05, 0) is 37.1 Å². The topological polar surface area (TPSA) is 55.5 Å². The fourth-order valence-corrected chi connectivity index (χ4v) is 2.74. The molecule has 0 amide bonds. The first-order valence-electron chi connectivity index (χ1n) is 8.63. The molecule has 1 aromatic heterocycles. The molecule has 4 heteroatoms. The standard InChI is InChI=1S/C21H23NO3/c1-3-7-16-10-11-18(14-20(16)23)24-13-12-19-15(2)25-21(22-19)17-8-5-4-6-9-17/h4-6,8-11,14,23H,3,7,12-13H2,1-2H3. The van der Waals surface area contributed by atoms with Crippen LogP contribution in [0.2, 0.25) is 0 Å². The van der Waals surface area contributed by atoms with E-state index < -0.39 is 0 Å². The van der Waals surface area contributed by atoms with Gasteiger partial charge in [0.25, 0.3) is 0 Å². The van der Waals surface area contributed by atoms with E-state index in [9.17, 15) is 5.11 Å². The van der Waals surface area contributed by atoms with Gasteiger partial charge in [0.1, 0.15) is 17.3 Å². The minimum Gasteiger partial charge on any atom is -0.508 e. The smallest absolute Gasteiger partial charge is 0.226 e. The van der Waals surface area contributed by atoms with Gasteiger partial charge in [-0.15, -0.1) is 0 Å². The Morgan fingerprint density at radius 1 is 1.08 bits per heavy atom. The number of hydrogen-bond donors (Lipinski definition) is 1. The Kier molecular flexibility index (Phi) is 5.39.